The molecular formula is C11H24N2. The summed E-state index contributed by atoms with van der Waals surface area (Å²) in [6.07, 6.45) is 2.59. The predicted octanol–water partition coefficient (Wildman–Crippen LogP) is 2.16. The Bertz CT molecular complexity index is 131. The van der Waals surface area contributed by atoms with Crippen molar-refractivity contribution in [1.29, 1.82) is 0 Å². The average molecular weight is 184 g/mol. The lowest BCUT2D eigenvalue weighted by molar-refractivity contribution is 0.230. The fourth-order valence-electron chi connectivity index (χ4n) is 2.66. The van der Waals surface area contributed by atoms with Crippen molar-refractivity contribution in [3.63, 3.8) is 0 Å². The van der Waals surface area contributed by atoms with Gasteiger partial charge in [0.15, 0.2) is 0 Å². The van der Waals surface area contributed by atoms with Crippen LogP contribution >= 0.6 is 0 Å². The van der Waals surface area contributed by atoms with Gasteiger partial charge in [0.05, 0.1) is 6.67 Å². The number of rotatable bonds is 4. The van der Waals surface area contributed by atoms with Crippen LogP contribution < -0.4 is 0 Å². The van der Waals surface area contributed by atoms with Gasteiger partial charge in [-0.25, -0.2) is 0 Å². The van der Waals surface area contributed by atoms with Crippen LogP contribution in [-0.4, -0.2) is 41.6 Å². The molecule has 78 valence electrons. The van der Waals surface area contributed by atoms with Crippen LogP contribution in [0.1, 0.15) is 40.5 Å². The van der Waals surface area contributed by atoms with Crippen LogP contribution in [0.5, 0.6) is 0 Å². The first-order valence-corrected chi connectivity index (χ1v) is 5.76. The first-order chi connectivity index (χ1) is 6.28. The third kappa shape index (κ3) is 2.05. The average Bonchev–Trinajstić information content (AvgIpc) is 2.54. The second-order valence-electron chi connectivity index (χ2n) is 3.90. The summed E-state index contributed by atoms with van der Waals surface area (Å²) in [7, 11) is 0. The zero-order valence-electron chi connectivity index (χ0n) is 9.58. The predicted molar refractivity (Wildman–Crippen MR) is 57.8 cm³/mol. The van der Waals surface area contributed by atoms with Crippen molar-refractivity contribution in [2.75, 3.05) is 19.8 Å². The van der Waals surface area contributed by atoms with Crippen molar-refractivity contribution in [1.82, 2.24) is 9.80 Å². The zero-order chi connectivity index (χ0) is 9.84. The van der Waals surface area contributed by atoms with E-state index in [4.69, 9.17) is 0 Å². The molecule has 13 heavy (non-hydrogen) atoms. The van der Waals surface area contributed by atoms with Crippen LogP contribution in [0.2, 0.25) is 0 Å². The highest BCUT2D eigenvalue weighted by molar-refractivity contribution is 4.90. The second kappa shape index (κ2) is 4.97. The van der Waals surface area contributed by atoms with Crippen LogP contribution in [0.4, 0.5) is 0 Å². The normalized spacial score (nSPS) is 31.4. The highest BCUT2D eigenvalue weighted by Gasteiger charge is 2.35. The Morgan fingerprint density at radius 3 is 1.46 bits per heavy atom. The zero-order valence-corrected chi connectivity index (χ0v) is 9.58. The lowest BCUT2D eigenvalue weighted by Crippen LogP contribution is -2.36. The summed E-state index contributed by atoms with van der Waals surface area (Å²) in [6, 6.07) is 1.60. The van der Waals surface area contributed by atoms with Crippen molar-refractivity contribution in [2.24, 2.45) is 0 Å². The summed E-state index contributed by atoms with van der Waals surface area (Å²) in [5.74, 6) is 0. The maximum atomic E-state index is 2.61. The molecule has 0 aromatic rings. The monoisotopic (exact) mass is 184 g/mol. The fraction of sp³-hybridized carbons (Fsp3) is 1.00. The van der Waals surface area contributed by atoms with Crippen molar-refractivity contribution in [3.8, 4) is 0 Å². The van der Waals surface area contributed by atoms with Gasteiger partial charge >= 0.3 is 0 Å². The molecule has 2 unspecified atom stereocenters. The SMILES string of the molecule is CCC1C(CC)N(CC)CN1CC. The molecule has 0 radical (unpaired) electrons. The molecule has 0 aromatic carbocycles. The fourth-order valence-corrected chi connectivity index (χ4v) is 2.66. The van der Waals surface area contributed by atoms with Crippen LogP contribution in [0.25, 0.3) is 0 Å². The minimum atomic E-state index is 0.801. The van der Waals surface area contributed by atoms with Gasteiger partial charge in [0.25, 0.3) is 0 Å². The van der Waals surface area contributed by atoms with Crippen molar-refractivity contribution >= 4 is 0 Å². The molecule has 0 aromatic heterocycles. The van der Waals surface area contributed by atoms with Gasteiger partial charge in [-0.2, -0.15) is 0 Å². The van der Waals surface area contributed by atoms with Gasteiger partial charge in [-0.1, -0.05) is 27.7 Å². The third-order valence-electron chi connectivity index (χ3n) is 3.39. The molecule has 0 N–H and O–H groups in total. The molecule has 1 rings (SSSR count). The highest BCUT2D eigenvalue weighted by Crippen LogP contribution is 2.24. The Labute approximate surface area is 82.9 Å². The maximum Gasteiger partial charge on any atom is 0.0512 e. The first kappa shape index (κ1) is 11.0. The molecule has 0 saturated carbocycles. The Hall–Kier alpha value is -0.0800. The van der Waals surface area contributed by atoms with Crippen LogP contribution in [0, 0.1) is 0 Å². The van der Waals surface area contributed by atoms with Crippen molar-refractivity contribution < 1.29 is 0 Å². The summed E-state index contributed by atoms with van der Waals surface area (Å²) in [4.78, 5) is 5.22. The van der Waals surface area contributed by atoms with Gasteiger partial charge in [-0.3, -0.25) is 9.80 Å². The first-order valence-electron chi connectivity index (χ1n) is 5.76. The Morgan fingerprint density at radius 2 is 1.23 bits per heavy atom. The minimum absolute atomic E-state index is 0.801. The van der Waals surface area contributed by atoms with Gasteiger partial charge in [0.2, 0.25) is 0 Å². The van der Waals surface area contributed by atoms with Gasteiger partial charge in [-0.05, 0) is 25.9 Å². The molecular weight excluding hydrogens is 160 g/mol. The standard InChI is InChI=1S/C11H24N2/c1-5-10-11(6-2)13(8-4)9-12(10)7-3/h10-11H,5-9H2,1-4H3. The molecule has 2 heteroatoms. The summed E-state index contributed by atoms with van der Waals surface area (Å²) in [5.41, 5.74) is 0. The number of hydrogen-bond acceptors (Lipinski definition) is 2. The minimum Gasteiger partial charge on any atom is -0.286 e. The van der Waals surface area contributed by atoms with E-state index in [-0.39, 0.29) is 0 Å². The van der Waals surface area contributed by atoms with E-state index in [0.29, 0.717) is 0 Å². The number of hydrogen-bond donors (Lipinski definition) is 0. The van der Waals surface area contributed by atoms with Crippen LogP contribution in [0.3, 0.4) is 0 Å². The lowest BCUT2D eigenvalue weighted by Gasteiger charge is -2.25. The topological polar surface area (TPSA) is 6.48 Å². The molecule has 1 saturated heterocycles. The molecule has 2 atom stereocenters. The van der Waals surface area contributed by atoms with E-state index in [1.54, 1.807) is 0 Å². The largest absolute Gasteiger partial charge is 0.286 e. The Kier molecular flexibility index (Phi) is 4.20. The lowest BCUT2D eigenvalue weighted by atomic mass is 10.0. The summed E-state index contributed by atoms with van der Waals surface area (Å²) in [5, 5.41) is 0. The molecule has 0 aliphatic carbocycles. The van der Waals surface area contributed by atoms with E-state index in [1.165, 1.54) is 32.6 Å². The quantitative estimate of drug-likeness (QED) is 0.660. The van der Waals surface area contributed by atoms with E-state index in [2.05, 4.69) is 37.5 Å². The van der Waals surface area contributed by atoms with Crippen molar-refractivity contribution in [3.05, 3.63) is 0 Å². The molecule has 0 bridgehead atoms. The van der Waals surface area contributed by atoms with Gasteiger partial charge in [-0.15, -0.1) is 0 Å². The van der Waals surface area contributed by atoms with E-state index in [0.717, 1.165) is 12.1 Å². The molecule has 2 nitrogen and oxygen atoms in total. The second-order valence-corrected chi connectivity index (χ2v) is 3.90. The maximum absolute atomic E-state index is 2.61. The molecule has 1 aliphatic heterocycles. The molecule has 1 fully saturated rings. The van der Waals surface area contributed by atoms with Gasteiger partial charge < -0.3 is 0 Å². The van der Waals surface area contributed by atoms with E-state index in [1.807, 2.05) is 0 Å². The summed E-state index contributed by atoms with van der Waals surface area (Å²) in [6.45, 7) is 12.8. The van der Waals surface area contributed by atoms with Crippen LogP contribution in [0.15, 0.2) is 0 Å². The van der Waals surface area contributed by atoms with Crippen molar-refractivity contribution in [2.45, 2.75) is 52.6 Å². The van der Waals surface area contributed by atoms with Crippen LogP contribution in [-0.2, 0) is 0 Å². The highest BCUT2D eigenvalue weighted by atomic mass is 15.4. The summed E-state index contributed by atoms with van der Waals surface area (Å²) < 4.78 is 0. The molecule has 1 heterocycles. The third-order valence-corrected chi connectivity index (χ3v) is 3.39. The smallest absolute Gasteiger partial charge is 0.0512 e. The van der Waals surface area contributed by atoms with E-state index < -0.39 is 0 Å². The van der Waals surface area contributed by atoms with E-state index >= 15 is 0 Å². The summed E-state index contributed by atoms with van der Waals surface area (Å²) >= 11 is 0. The van der Waals surface area contributed by atoms with Gasteiger partial charge in [0.1, 0.15) is 0 Å². The Balaban J connectivity index is 2.65. The molecule has 1 aliphatic rings. The number of likely N-dealkylation sites (N-methyl/N-ethyl adjacent to an activating group) is 2. The van der Waals surface area contributed by atoms with Gasteiger partial charge in [0, 0.05) is 12.1 Å². The Morgan fingerprint density at radius 1 is 0.846 bits per heavy atom. The van der Waals surface area contributed by atoms with E-state index in [9.17, 15) is 0 Å². The molecule has 0 spiro atoms. The number of nitrogens with zero attached hydrogens (tertiary/aromatic N) is 2. The molecule has 0 amide bonds.